The average Bonchev–Trinajstić information content (AvgIpc) is 3.00. The molecule has 1 aliphatic heterocycles. The SMILES string of the molecule is COc1ccc(/C=C2\C(=O)NC(=O)N(c3ccc(OCc4ccc(Cl)cc4)cc3)C2=O)c(OCc2ccc(C)c(C)c2)c1. The van der Waals surface area contributed by atoms with Crippen molar-refractivity contribution in [1.82, 2.24) is 5.32 Å². The van der Waals surface area contributed by atoms with Crippen LogP contribution in [0.3, 0.4) is 0 Å². The second-order valence-electron chi connectivity index (χ2n) is 9.98. The summed E-state index contributed by atoms with van der Waals surface area (Å²) in [4.78, 5) is 40.0. The lowest BCUT2D eigenvalue weighted by molar-refractivity contribution is -0.122. The van der Waals surface area contributed by atoms with Crippen molar-refractivity contribution >= 4 is 41.2 Å². The molecule has 0 bridgehead atoms. The third-order valence-electron chi connectivity index (χ3n) is 7.00. The molecular weight excluding hydrogens is 568 g/mol. The van der Waals surface area contributed by atoms with E-state index in [0.29, 0.717) is 34.4 Å². The van der Waals surface area contributed by atoms with E-state index in [1.54, 1.807) is 54.6 Å². The van der Waals surface area contributed by atoms with Crippen molar-refractivity contribution < 1.29 is 28.6 Å². The fourth-order valence-electron chi connectivity index (χ4n) is 4.43. The van der Waals surface area contributed by atoms with E-state index in [2.05, 4.69) is 5.32 Å². The minimum atomic E-state index is -0.845. The molecule has 8 nitrogen and oxygen atoms in total. The number of nitrogens with zero attached hydrogens (tertiary/aromatic N) is 1. The number of hydrogen-bond donors (Lipinski definition) is 1. The lowest BCUT2D eigenvalue weighted by atomic mass is 10.1. The van der Waals surface area contributed by atoms with Crippen LogP contribution < -0.4 is 24.4 Å². The Kier molecular flexibility index (Phi) is 8.78. The first-order chi connectivity index (χ1) is 20.7. The molecule has 1 N–H and O–H groups in total. The Morgan fingerprint density at radius 1 is 0.767 bits per heavy atom. The van der Waals surface area contributed by atoms with Gasteiger partial charge >= 0.3 is 6.03 Å². The van der Waals surface area contributed by atoms with E-state index in [1.807, 2.05) is 44.2 Å². The highest BCUT2D eigenvalue weighted by Crippen LogP contribution is 2.30. The van der Waals surface area contributed by atoms with Crippen LogP contribution in [-0.4, -0.2) is 25.0 Å². The fourth-order valence-corrected chi connectivity index (χ4v) is 4.55. The van der Waals surface area contributed by atoms with Gasteiger partial charge < -0.3 is 14.2 Å². The van der Waals surface area contributed by atoms with Gasteiger partial charge in [0.25, 0.3) is 11.8 Å². The van der Waals surface area contributed by atoms with Crippen molar-refractivity contribution in [3.05, 3.63) is 123 Å². The number of methoxy groups -OCH3 is 1. The molecule has 1 aliphatic rings. The van der Waals surface area contributed by atoms with E-state index < -0.39 is 17.8 Å². The molecule has 43 heavy (non-hydrogen) atoms. The predicted molar refractivity (Wildman–Crippen MR) is 164 cm³/mol. The highest BCUT2D eigenvalue weighted by Gasteiger charge is 2.37. The largest absolute Gasteiger partial charge is 0.497 e. The zero-order valence-electron chi connectivity index (χ0n) is 23.8. The summed E-state index contributed by atoms with van der Waals surface area (Å²) >= 11 is 5.93. The topological polar surface area (TPSA) is 94.2 Å². The van der Waals surface area contributed by atoms with Crippen LogP contribution in [0, 0.1) is 13.8 Å². The smallest absolute Gasteiger partial charge is 0.335 e. The Morgan fingerprint density at radius 3 is 2.14 bits per heavy atom. The summed E-state index contributed by atoms with van der Waals surface area (Å²) in [5, 5.41) is 2.89. The van der Waals surface area contributed by atoms with Crippen LogP contribution in [-0.2, 0) is 22.8 Å². The number of aryl methyl sites for hydroxylation is 2. The molecule has 1 saturated heterocycles. The van der Waals surface area contributed by atoms with Crippen molar-refractivity contribution in [3.8, 4) is 17.2 Å². The Morgan fingerprint density at radius 2 is 1.44 bits per heavy atom. The average molecular weight is 597 g/mol. The number of imide groups is 2. The molecule has 4 amide bonds. The van der Waals surface area contributed by atoms with E-state index in [4.69, 9.17) is 25.8 Å². The van der Waals surface area contributed by atoms with Crippen LogP contribution in [0.15, 0.2) is 90.5 Å². The Hall–Kier alpha value is -5.08. The van der Waals surface area contributed by atoms with Gasteiger partial charge in [0.05, 0.1) is 12.8 Å². The lowest BCUT2D eigenvalue weighted by Crippen LogP contribution is -2.54. The molecule has 4 aromatic rings. The minimum Gasteiger partial charge on any atom is -0.497 e. The van der Waals surface area contributed by atoms with Crippen LogP contribution in [0.1, 0.15) is 27.8 Å². The zero-order valence-corrected chi connectivity index (χ0v) is 24.6. The Balaban J connectivity index is 1.36. The van der Waals surface area contributed by atoms with Crippen molar-refractivity contribution in [2.75, 3.05) is 12.0 Å². The number of halogens is 1. The molecule has 0 atom stereocenters. The normalized spacial score (nSPS) is 14.1. The summed E-state index contributed by atoms with van der Waals surface area (Å²) in [6.07, 6.45) is 1.41. The highest BCUT2D eigenvalue weighted by atomic mass is 35.5. The molecule has 0 spiro atoms. The van der Waals surface area contributed by atoms with E-state index in [9.17, 15) is 14.4 Å². The first-order valence-electron chi connectivity index (χ1n) is 13.5. The molecular formula is C34H29ClN2O6. The van der Waals surface area contributed by atoms with Gasteiger partial charge in [0.2, 0.25) is 0 Å². The van der Waals surface area contributed by atoms with E-state index >= 15 is 0 Å². The molecule has 4 aromatic carbocycles. The monoisotopic (exact) mass is 596 g/mol. The van der Waals surface area contributed by atoms with Crippen LogP contribution in [0.5, 0.6) is 17.2 Å². The van der Waals surface area contributed by atoms with Gasteiger partial charge in [0.15, 0.2) is 0 Å². The molecule has 0 aromatic heterocycles. The number of rotatable bonds is 9. The van der Waals surface area contributed by atoms with Crippen LogP contribution in [0.4, 0.5) is 10.5 Å². The Labute approximate surface area is 254 Å². The summed E-state index contributed by atoms with van der Waals surface area (Å²) in [5.74, 6) is -0.0630. The van der Waals surface area contributed by atoms with Crippen molar-refractivity contribution in [3.63, 3.8) is 0 Å². The van der Waals surface area contributed by atoms with Gasteiger partial charge in [-0.15, -0.1) is 0 Å². The van der Waals surface area contributed by atoms with Gasteiger partial charge in [-0.25, -0.2) is 9.69 Å². The van der Waals surface area contributed by atoms with Crippen LogP contribution in [0.25, 0.3) is 6.08 Å². The third kappa shape index (κ3) is 6.88. The van der Waals surface area contributed by atoms with Gasteiger partial charge in [0.1, 0.15) is 36.0 Å². The van der Waals surface area contributed by atoms with Crippen molar-refractivity contribution in [2.45, 2.75) is 27.1 Å². The molecule has 0 unspecified atom stereocenters. The van der Waals surface area contributed by atoms with Crippen molar-refractivity contribution in [1.29, 1.82) is 0 Å². The number of carbonyl (C=O) groups excluding carboxylic acids is 3. The van der Waals surface area contributed by atoms with Crippen molar-refractivity contribution in [2.24, 2.45) is 0 Å². The van der Waals surface area contributed by atoms with Gasteiger partial charge in [-0.05, 0) is 90.7 Å². The third-order valence-corrected chi connectivity index (χ3v) is 7.25. The Bertz CT molecular complexity index is 1710. The molecule has 0 aliphatic carbocycles. The minimum absolute atomic E-state index is 0.219. The maximum absolute atomic E-state index is 13.5. The lowest BCUT2D eigenvalue weighted by Gasteiger charge is -2.26. The number of ether oxygens (including phenoxy) is 3. The highest BCUT2D eigenvalue weighted by molar-refractivity contribution is 6.39. The van der Waals surface area contributed by atoms with Gasteiger partial charge in [-0.2, -0.15) is 0 Å². The quantitative estimate of drug-likeness (QED) is 0.169. The van der Waals surface area contributed by atoms with E-state index in [0.717, 1.165) is 21.6 Å². The molecule has 0 radical (unpaired) electrons. The summed E-state index contributed by atoms with van der Waals surface area (Å²) in [6.45, 7) is 4.65. The number of anilines is 1. The number of hydrogen-bond acceptors (Lipinski definition) is 6. The zero-order chi connectivity index (χ0) is 30.5. The molecule has 1 fully saturated rings. The molecule has 218 valence electrons. The molecule has 1 heterocycles. The van der Waals surface area contributed by atoms with E-state index in [-0.39, 0.29) is 17.9 Å². The maximum Gasteiger partial charge on any atom is 0.335 e. The fraction of sp³-hybridized carbons (Fsp3) is 0.147. The number of amides is 4. The number of nitrogens with one attached hydrogen (secondary N) is 1. The predicted octanol–water partition coefficient (Wildman–Crippen LogP) is 6.79. The summed E-state index contributed by atoms with van der Waals surface area (Å²) in [6, 6.07) is 24.0. The van der Waals surface area contributed by atoms with Crippen LogP contribution in [0.2, 0.25) is 5.02 Å². The van der Waals surface area contributed by atoms with Gasteiger partial charge in [0, 0.05) is 16.7 Å². The number of benzene rings is 4. The van der Waals surface area contributed by atoms with Gasteiger partial charge in [-0.3, -0.25) is 14.9 Å². The molecule has 0 saturated carbocycles. The summed E-state index contributed by atoms with van der Waals surface area (Å²) in [5.41, 5.74) is 4.76. The number of barbiturate groups is 1. The maximum atomic E-state index is 13.5. The first kappa shape index (κ1) is 29.4. The first-order valence-corrected chi connectivity index (χ1v) is 13.9. The molecule has 9 heteroatoms. The molecule has 5 rings (SSSR count). The van der Waals surface area contributed by atoms with Gasteiger partial charge in [-0.1, -0.05) is 41.9 Å². The second kappa shape index (κ2) is 12.8. The summed E-state index contributed by atoms with van der Waals surface area (Å²) < 4.78 is 17.3. The number of carbonyl (C=O) groups is 3. The summed E-state index contributed by atoms with van der Waals surface area (Å²) in [7, 11) is 1.54. The van der Waals surface area contributed by atoms with E-state index in [1.165, 1.54) is 18.7 Å². The van der Waals surface area contributed by atoms with Crippen LogP contribution >= 0.6 is 11.6 Å². The number of urea groups is 1. The standard InChI is InChI=1S/C34H29ClN2O6/c1-21-4-5-24(16-22(21)2)20-43-31-18-29(41-3)13-8-25(31)17-30-32(38)36-34(40)37(33(30)39)27-11-14-28(15-12-27)42-19-23-6-9-26(35)10-7-23/h4-18H,19-20H2,1-3H3,(H,36,38,40)/b30-17+. The second-order valence-corrected chi connectivity index (χ2v) is 10.4.